The van der Waals surface area contributed by atoms with E-state index in [0.717, 1.165) is 6.21 Å². The summed E-state index contributed by atoms with van der Waals surface area (Å²) in [6.45, 7) is -0.0925. The summed E-state index contributed by atoms with van der Waals surface area (Å²) in [6, 6.07) is 13.7. The molecular formula is C22H16Cl3N5O5. The van der Waals surface area contributed by atoms with Crippen LogP contribution in [-0.4, -0.2) is 29.8 Å². The van der Waals surface area contributed by atoms with Gasteiger partial charge in [-0.1, -0.05) is 40.9 Å². The summed E-state index contributed by atoms with van der Waals surface area (Å²) in [7, 11) is 0. The van der Waals surface area contributed by atoms with E-state index in [1.807, 2.05) is 0 Å². The molecule has 1 aromatic heterocycles. The van der Waals surface area contributed by atoms with E-state index < -0.39 is 23.6 Å². The monoisotopic (exact) mass is 535 g/mol. The molecule has 0 radical (unpaired) electrons. The van der Waals surface area contributed by atoms with Crippen molar-refractivity contribution in [2.24, 2.45) is 5.10 Å². The van der Waals surface area contributed by atoms with Gasteiger partial charge in [-0.15, -0.1) is 0 Å². The molecule has 3 rings (SSSR count). The van der Waals surface area contributed by atoms with Crippen LogP contribution in [0.5, 0.6) is 0 Å². The highest BCUT2D eigenvalue weighted by atomic mass is 35.5. The molecule has 35 heavy (non-hydrogen) atoms. The van der Waals surface area contributed by atoms with Gasteiger partial charge in [-0.05, 0) is 48.5 Å². The predicted molar refractivity (Wildman–Crippen MR) is 131 cm³/mol. The first-order valence-corrected chi connectivity index (χ1v) is 10.9. The number of furan rings is 1. The van der Waals surface area contributed by atoms with Crippen molar-refractivity contribution in [2.75, 3.05) is 10.6 Å². The van der Waals surface area contributed by atoms with Crippen molar-refractivity contribution in [3.63, 3.8) is 0 Å². The highest BCUT2D eigenvalue weighted by Gasteiger charge is 2.15. The number of nitrogens with zero attached hydrogens (tertiary/aromatic N) is 1. The number of hydrogen-bond donors (Lipinski definition) is 4. The zero-order chi connectivity index (χ0) is 25.4. The van der Waals surface area contributed by atoms with Crippen molar-refractivity contribution in [1.29, 1.82) is 0 Å². The van der Waals surface area contributed by atoms with E-state index in [2.05, 4.69) is 26.5 Å². The van der Waals surface area contributed by atoms with Gasteiger partial charge in [0.2, 0.25) is 0 Å². The van der Waals surface area contributed by atoms with Gasteiger partial charge in [0, 0.05) is 26.4 Å². The number of hydrogen-bond acceptors (Lipinski definition) is 6. The van der Waals surface area contributed by atoms with Crippen LogP contribution in [0.1, 0.15) is 11.5 Å². The summed E-state index contributed by atoms with van der Waals surface area (Å²) < 4.78 is 5.42. The highest BCUT2D eigenvalue weighted by molar-refractivity contribution is 6.40. The molecule has 0 aliphatic carbocycles. The van der Waals surface area contributed by atoms with Crippen molar-refractivity contribution in [2.45, 2.75) is 6.54 Å². The van der Waals surface area contributed by atoms with Gasteiger partial charge in [0.15, 0.2) is 0 Å². The van der Waals surface area contributed by atoms with E-state index >= 15 is 0 Å². The van der Waals surface area contributed by atoms with Crippen molar-refractivity contribution < 1.29 is 23.6 Å². The Balaban J connectivity index is 1.44. The Morgan fingerprint density at radius 3 is 2.14 bits per heavy atom. The molecule has 0 bridgehead atoms. The molecule has 4 N–H and O–H groups in total. The van der Waals surface area contributed by atoms with Crippen molar-refractivity contribution in [3.8, 4) is 0 Å². The van der Waals surface area contributed by atoms with E-state index in [4.69, 9.17) is 39.2 Å². The number of amides is 4. The maximum atomic E-state index is 12.0. The van der Waals surface area contributed by atoms with Gasteiger partial charge in [0.1, 0.15) is 11.5 Å². The first-order chi connectivity index (χ1) is 16.7. The van der Waals surface area contributed by atoms with Gasteiger partial charge in [-0.25, -0.2) is 5.43 Å². The highest BCUT2D eigenvalue weighted by Crippen LogP contribution is 2.22. The summed E-state index contributed by atoms with van der Waals surface area (Å²) in [6.07, 6.45) is 1.16. The maximum absolute atomic E-state index is 12.0. The zero-order valence-electron chi connectivity index (χ0n) is 17.6. The van der Waals surface area contributed by atoms with Crippen LogP contribution in [0.3, 0.4) is 0 Å². The minimum absolute atomic E-state index is 0.0925. The van der Waals surface area contributed by atoms with Gasteiger partial charge < -0.3 is 20.4 Å². The number of hydrazone groups is 1. The molecule has 4 amide bonds. The topological polar surface area (TPSA) is 142 Å². The van der Waals surface area contributed by atoms with Crippen molar-refractivity contribution in [1.82, 2.24) is 10.7 Å². The molecule has 2 aromatic carbocycles. The van der Waals surface area contributed by atoms with Crippen molar-refractivity contribution in [3.05, 3.63) is 81.2 Å². The molecule has 0 saturated carbocycles. The Hall–Kier alpha value is -3.86. The minimum atomic E-state index is -1.01. The molecule has 0 atom stereocenters. The number of halogens is 3. The van der Waals surface area contributed by atoms with Crippen LogP contribution in [-0.2, 0) is 25.7 Å². The average molecular weight is 537 g/mol. The molecule has 0 aliphatic heterocycles. The molecule has 13 heteroatoms. The van der Waals surface area contributed by atoms with Crippen LogP contribution in [0.4, 0.5) is 11.4 Å². The quantitative estimate of drug-likeness (QED) is 0.216. The van der Waals surface area contributed by atoms with E-state index in [-0.39, 0.29) is 18.0 Å². The average Bonchev–Trinajstić information content (AvgIpc) is 3.24. The fourth-order valence-corrected chi connectivity index (χ4v) is 3.30. The minimum Gasteiger partial charge on any atom is -0.458 e. The predicted octanol–water partition coefficient (Wildman–Crippen LogP) is 3.58. The number of anilines is 2. The van der Waals surface area contributed by atoms with E-state index in [0.29, 0.717) is 26.5 Å². The fraction of sp³-hybridized carbons (Fsp3) is 0.0455. The van der Waals surface area contributed by atoms with Crippen LogP contribution in [0.25, 0.3) is 0 Å². The lowest BCUT2D eigenvalue weighted by atomic mass is 10.3. The molecule has 10 nitrogen and oxygen atoms in total. The second kappa shape index (κ2) is 12.0. The van der Waals surface area contributed by atoms with Gasteiger partial charge in [0.05, 0.1) is 12.8 Å². The van der Waals surface area contributed by atoms with Gasteiger partial charge in [0.25, 0.3) is 0 Å². The van der Waals surface area contributed by atoms with Crippen LogP contribution < -0.4 is 21.4 Å². The van der Waals surface area contributed by atoms with Crippen LogP contribution in [0.2, 0.25) is 15.1 Å². The number of carbonyl (C=O) groups is 4. The van der Waals surface area contributed by atoms with Gasteiger partial charge >= 0.3 is 23.6 Å². The van der Waals surface area contributed by atoms with E-state index in [1.165, 1.54) is 36.4 Å². The Bertz CT molecular complexity index is 1290. The first kappa shape index (κ1) is 25.8. The third kappa shape index (κ3) is 8.14. The van der Waals surface area contributed by atoms with Crippen LogP contribution >= 0.6 is 34.8 Å². The molecule has 1 heterocycles. The molecule has 0 unspecified atom stereocenters. The molecule has 0 fully saturated rings. The van der Waals surface area contributed by atoms with Gasteiger partial charge in [-0.3, -0.25) is 19.2 Å². The Morgan fingerprint density at radius 1 is 0.771 bits per heavy atom. The third-order valence-corrected chi connectivity index (χ3v) is 4.75. The molecule has 180 valence electrons. The molecule has 0 aliphatic rings. The SMILES string of the molecule is O=C(NCc1ccc(/C=N/NC(=O)C(=O)Nc2cccc(Cl)c2)o1)C(=O)Nc1cc(Cl)cc(Cl)c1. The maximum Gasteiger partial charge on any atom is 0.329 e. The van der Waals surface area contributed by atoms with Crippen molar-refractivity contribution >= 4 is 76.0 Å². The first-order valence-electron chi connectivity index (χ1n) is 9.73. The lowest BCUT2D eigenvalue weighted by Crippen LogP contribution is -2.34. The normalized spacial score (nSPS) is 10.6. The zero-order valence-corrected chi connectivity index (χ0v) is 19.9. The number of carbonyl (C=O) groups excluding carboxylic acids is 4. The van der Waals surface area contributed by atoms with Gasteiger partial charge in [-0.2, -0.15) is 5.10 Å². The number of nitrogens with one attached hydrogen (secondary N) is 4. The van der Waals surface area contributed by atoms with E-state index in [1.54, 1.807) is 18.2 Å². The summed E-state index contributed by atoms with van der Waals surface area (Å²) in [5.41, 5.74) is 2.67. The van der Waals surface area contributed by atoms with E-state index in [9.17, 15) is 19.2 Å². The molecule has 3 aromatic rings. The number of benzene rings is 2. The van der Waals surface area contributed by atoms with Crippen LogP contribution in [0, 0.1) is 0 Å². The summed E-state index contributed by atoms with van der Waals surface area (Å²) >= 11 is 17.5. The Kier molecular flexibility index (Phi) is 8.85. The second-order valence-electron chi connectivity index (χ2n) is 6.76. The molecular weight excluding hydrogens is 521 g/mol. The smallest absolute Gasteiger partial charge is 0.329 e. The lowest BCUT2D eigenvalue weighted by Gasteiger charge is -2.06. The second-order valence-corrected chi connectivity index (χ2v) is 8.07. The summed E-state index contributed by atoms with van der Waals surface area (Å²) in [4.78, 5) is 47.7. The largest absolute Gasteiger partial charge is 0.458 e. The third-order valence-electron chi connectivity index (χ3n) is 4.08. The number of rotatable bonds is 6. The Labute approximate surface area is 213 Å². The lowest BCUT2D eigenvalue weighted by molar-refractivity contribution is -0.136. The summed E-state index contributed by atoms with van der Waals surface area (Å²) in [5, 5.41) is 11.8. The molecule has 0 saturated heterocycles. The fourth-order valence-electron chi connectivity index (χ4n) is 2.58. The molecule has 0 spiro atoms. The summed E-state index contributed by atoms with van der Waals surface area (Å²) in [5.74, 6) is -3.25. The van der Waals surface area contributed by atoms with Crippen LogP contribution in [0.15, 0.2) is 64.1 Å². The Morgan fingerprint density at radius 2 is 1.43 bits per heavy atom. The standard InChI is InChI=1S/C22H16Cl3N5O5/c23-12-2-1-3-15(7-12)28-21(33)22(34)30-27-11-18-5-4-17(35-18)10-26-19(31)20(32)29-16-8-13(24)6-14(25)9-16/h1-9,11H,10H2,(H,26,31)(H,28,33)(H,29,32)(H,30,34)/b27-11+.